The first kappa shape index (κ1) is 10.7. The normalized spacial score (nSPS) is 15.5. The number of fused-ring (bicyclic) bond motifs is 1. The molecule has 1 aromatic rings. The van der Waals surface area contributed by atoms with Crippen molar-refractivity contribution >= 4 is 0 Å². The van der Waals surface area contributed by atoms with E-state index in [0.717, 1.165) is 19.5 Å². The van der Waals surface area contributed by atoms with Crippen LogP contribution in [0.15, 0.2) is 12.1 Å². The average Bonchev–Trinajstić information content (AvgIpc) is 2.27. The summed E-state index contributed by atoms with van der Waals surface area (Å²) in [6.07, 6.45) is 2.36. The minimum Gasteiger partial charge on any atom is -0.312 e. The highest BCUT2D eigenvalue weighted by atomic mass is 14.9. The lowest BCUT2D eigenvalue weighted by Crippen LogP contribution is -2.24. The van der Waals surface area contributed by atoms with Gasteiger partial charge in [-0.1, -0.05) is 32.9 Å². The summed E-state index contributed by atoms with van der Waals surface area (Å²) in [5, 5.41) is 3.44. The summed E-state index contributed by atoms with van der Waals surface area (Å²) in [5.41, 5.74) is 6.17. The highest BCUT2D eigenvalue weighted by Gasteiger charge is 2.13. The standard InChI is InChI=1S/C14H21N/c1-4-11-7-12-5-6-15-9-13(12)8-14(11)10(2)3/h7-8,10,15H,4-6,9H2,1-3H3. The van der Waals surface area contributed by atoms with Gasteiger partial charge in [0.1, 0.15) is 0 Å². The van der Waals surface area contributed by atoms with E-state index in [9.17, 15) is 0 Å². The van der Waals surface area contributed by atoms with Crippen LogP contribution in [-0.4, -0.2) is 6.54 Å². The molecule has 0 spiro atoms. The molecule has 1 heteroatoms. The highest BCUT2D eigenvalue weighted by molar-refractivity contribution is 5.41. The van der Waals surface area contributed by atoms with Gasteiger partial charge in [0.15, 0.2) is 0 Å². The van der Waals surface area contributed by atoms with Crippen molar-refractivity contribution in [3.8, 4) is 0 Å². The Balaban J connectivity index is 2.46. The third-order valence-corrected chi connectivity index (χ3v) is 3.35. The van der Waals surface area contributed by atoms with Gasteiger partial charge in [0.2, 0.25) is 0 Å². The van der Waals surface area contributed by atoms with Gasteiger partial charge in [0.05, 0.1) is 0 Å². The lowest BCUT2D eigenvalue weighted by Gasteiger charge is -2.21. The Kier molecular flexibility index (Phi) is 3.11. The summed E-state index contributed by atoms with van der Waals surface area (Å²) in [5.74, 6) is 0.646. The van der Waals surface area contributed by atoms with Crippen molar-refractivity contribution in [1.82, 2.24) is 5.32 Å². The first-order valence-corrected chi connectivity index (χ1v) is 6.07. The molecular formula is C14H21N. The van der Waals surface area contributed by atoms with E-state index >= 15 is 0 Å². The van der Waals surface area contributed by atoms with Gasteiger partial charge < -0.3 is 5.32 Å². The number of benzene rings is 1. The van der Waals surface area contributed by atoms with Crippen LogP contribution in [0.5, 0.6) is 0 Å². The Morgan fingerprint density at radius 3 is 2.73 bits per heavy atom. The molecule has 0 aromatic heterocycles. The highest BCUT2D eigenvalue weighted by Crippen LogP contribution is 2.26. The summed E-state index contributed by atoms with van der Waals surface area (Å²) in [4.78, 5) is 0. The predicted molar refractivity (Wildman–Crippen MR) is 65.3 cm³/mol. The molecule has 15 heavy (non-hydrogen) atoms. The Hall–Kier alpha value is -0.820. The molecule has 1 aliphatic heterocycles. The van der Waals surface area contributed by atoms with Crippen molar-refractivity contribution in [2.45, 2.75) is 46.1 Å². The summed E-state index contributed by atoms with van der Waals surface area (Å²) in [7, 11) is 0. The number of rotatable bonds is 2. The summed E-state index contributed by atoms with van der Waals surface area (Å²) < 4.78 is 0. The van der Waals surface area contributed by atoms with E-state index in [2.05, 4.69) is 38.2 Å². The minimum absolute atomic E-state index is 0.646. The first-order valence-electron chi connectivity index (χ1n) is 6.07. The monoisotopic (exact) mass is 203 g/mol. The fourth-order valence-corrected chi connectivity index (χ4v) is 2.45. The van der Waals surface area contributed by atoms with Crippen molar-refractivity contribution in [3.63, 3.8) is 0 Å². The maximum Gasteiger partial charge on any atom is 0.0208 e. The van der Waals surface area contributed by atoms with E-state index in [0.29, 0.717) is 5.92 Å². The second kappa shape index (κ2) is 4.36. The smallest absolute Gasteiger partial charge is 0.0208 e. The fourth-order valence-electron chi connectivity index (χ4n) is 2.45. The molecule has 0 saturated carbocycles. The van der Waals surface area contributed by atoms with Crippen LogP contribution < -0.4 is 5.32 Å². The average molecular weight is 203 g/mol. The van der Waals surface area contributed by atoms with E-state index in [-0.39, 0.29) is 0 Å². The van der Waals surface area contributed by atoms with Gasteiger partial charge in [-0.3, -0.25) is 0 Å². The Labute approximate surface area is 92.9 Å². The molecule has 0 fully saturated rings. The summed E-state index contributed by atoms with van der Waals surface area (Å²) in [6.45, 7) is 9.03. The predicted octanol–water partition coefficient (Wildman–Crippen LogP) is 3.02. The molecule has 82 valence electrons. The number of hydrogen-bond donors (Lipinski definition) is 1. The quantitative estimate of drug-likeness (QED) is 0.779. The van der Waals surface area contributed by atoms with Crippen LogP contribution in [0.25, 0.3) is 0 Å². The van der Waals surface area contributed by atoms with Gasteiger partial charge in [-0.05, 0) is 47.6 Å². The molecule has 1 N–H and O–H groups in total. The zero-order valence-electron chi connectivity index (χ0n) is 10.1. The zero-order valence-corrected chi connectivity index (χ0v) is 10.1. The van der Waals surface area contributed by atoms with Gasteiger partial charge in [-0.15, -0.1) is 0 Å². The van der Waals surface area contributed by atoms with Gasteiger partial charge in [-0.2, -0.15) is 0 Å². The lowest BCUT2D eigenvalue weighted by atomic mass is 9.88. The number of aryl methyl sites for hydroxylation is 1. The van der Waals surface area contributed by atoms with Gasteiger partial charge in [0.25, 0.3) is 0 Å². The first-order chi connectivity index (χ1) is 7.22. The molecule has 1 aromatic carbocycles. The van der Waals surface area contributed by atoms with E-state index in [4.69, 9.17) is 0 Å². The molecule has 0 radical (unpaired) electrons. The van der Waals surface area contributed by atoms with Crippen molar-refractivity contribution in [1.29, 1.82) is 0 Å². The molecule has 0 bridgehead atoms. The van der Waals surface area contributed by atoms with Crippen molar-refractivity contribution < 1.29 is 0 Å². The maximum absolute atomic E-state index is 3.44. The largest absolute Gasteiger partial charge is 0.312 e. The van der Waals surface area contributed by atoms with Crippen molar-refractivity contribution in [3.05, 3.63) is 34.4 Å². The van der Waals surface area contributed by atoms with Crippen LogP contribution in [0, 0.1) is 0 Å². The molecule has 1 aliphatic rings. The van der Waals surface area contributed by atoms with E-state index < -0.39 is 0 Å². The topological polar surface area (TPSA) is 12.0 Å². The molecule has 0 amide bonds. The third-order valence-electron chi connectivity index (χ3n) is 3.35. The van der Waals surface area contributed by atoms with Crippen LogP contribution in [0.3, 0.4) is 0 Å². The third kappa shape index (κ3) is 2.07. The van der Waals surface area contributed by atoms with E-state index in [1.807, 2.05) is 0 Å². The van der Waals surface area contributed by atoms with Crippen LogP contribution in [-0.2, 0) is 19.4 Å². The van der Waals surface area contributed by atoms with Crippen molar-refractivity contribution in [2.24, 2.45) is 0 Å². The molecular weight excluding hydrogens is 182 g/mol. The van der Waals surface area contributed by atoms with Crippen LogP contribution in [0.2, 0.25) is 0 Å². The Bertz CT molecular complexity index is 353. The van der Waals surface area contributed by atoms with E-state index in [1.54, 1.807) is 16.7 Å². The number of hydrogen-bond acceptors (Lipinski definition) is 1. The molecule has 1 nitrogen and oxygen atoms in total. The zero-order chi connectivity index (χ0) is 10.8. The lowest BCUT2D eigenvalue weighted by molar-refractivity contribution is 0.640. The minimum atomic E-state index is 0.646. The van der Waals surface area contributed by atoms with E-state index in [1.165, 1.54) is 12.0 Å². The summed E-state index contributed by atoms with van der Waals surface area (Å²) in [6, 6.07) is 4.86. The van der Waals surface area contributed by atoms with Crippen LogP contribution in [0.4, 0.5) is 0 Å². The molecule has 0 unspecified atom stereocenters. The van der Waals surface area contributed by atoms with Gasteiger partial charge >= 0.3 is 0 Å². The second-order valence-electron chi connectivity index (χ2n) is 4.75. The Morgan fingerprint density at radius 1 is 1.27 bits per heavy atom. The number of nitrogens with one attached hydrogen (secondary N) is 1. The molecule has 2 rings (SSSR count). The maximum atomic E-state index is 3.44. The van der Waals surface area contributed by atoms with Crippen LogP contribution in [0.1, 0.15) is 48.9 Å². The molecule has 1 heterocycles. The Morgan fingerprint density at radius 2 is 2.07 bits per heavy atom. The molecule has 0 saturated heterocycles. The van der Waals surface area contributed by atoms with Gasteiger partial charge in [0, 0.05) is 6.54 Å². The molecule has 0 aliphatic carbocycles. The summed E-state index contributed by atoms with van der Waals surface area (Å²) >= 11 is 0. The SMILES string of the molecule is CCc1cc2c(cc1C(C)C)CNCC2. The van der Waals surface area contributed by atoms with Crippen molar-refractivity contribution in [2.75, 3.05) is 6.54 Å². The molecule has 0 atom stereocenters. The van der Waals surface area contributed by atoms with Crippen LogP contribution >= 0.6 is 0 Å². The second-order valence-corrected chi connectivity index (χ2v) is 4.75. The van der Waals surface area contributed by atoms with Gasteiger partial charge in [-0.25, -0.2) is 0 Å². The fraction of sp³-hybridized carbons (Fsp3) is 0.571.